The molecular formula is C62H123N3. The van der Waals surface area contributed by atoms with Crippen molar-refractivity contribution in [1.29, 1.82) is 0 Å². The topological polar surface area (TPSA) is 21.1 Å². The fourth-order valence-electron chi connectivity index (χ4n) is 10.9. The summed E-state index contributed by atoms with van der Waals surface area (Å²) in [6.45, 7) is 16.8. The van der Waals surface area contributed by atoms with E-state index in [0.29, 0.717) is 0 Å². The smallest absolute Gasteiger partial charge is 0.109 e. The van der Waals surface area contributed by atoms with Crippen molar-refractivity contribution in [1.82, 2.24) is 14.5 Å². The summed E-state index contributed by atoms with van der Waals surface area (Å²) >= 11 is 0. The monoisotopic (exact) mass is 910 g/mol. The molecule has 3 heteroatoms. The molecule has 2 unspecified atom stereocenters. The van der Waals surface area contributed by atoms with Crippen molar-refractivity contribution < 1.29 is 0 Å². The van der Waals surface area contributed by atoms with Crippen LogP contribution in [-0.2, 0) is 13.5 Å². The molecule has 0 N–H and O–H groups in total. The molecule has 0 radical (unpaired) electrons. The molecule has 0 bridgehead atoms. The standard InChI is InChI=1S/C62H123N3/c1-8-11-14-16-18-20-22-24-26-28-30-32-34-36-38-40-47-60(48-41-39-37-35-33-31-29-27-25-23-21-19-17-15-12-9-2)49-42-43-50-61(52-51-59(6)46-44-45-58(4)5)65(55-13-10-3)56-53-62-63-54-57-64(62)7/h54,57-61H,8-53,55-56H2,1-7H3. The highest BCUT2D eigenvalue weighted by molar-refractivity contribution is 4.92. The Bertz CT molecular complexity index is 1010. The predicted octanol–water partition coefficient (Wildman–Crippen LogP) is 21.2. The minimum atomic E-state index is 0.730. The van der Waals surface area contributed by atoms with E-state index >= 15 is 0 Å². The number of aromatic nitrogens is 2. The minimum Gasteiger partial charge on any atom is -0.338 e. The van der Waals surface area contributed by atoms with Crippen LogP contribution in [0.5, 0.6) is 0 Å². The molecule has 386 valence electrons. The Kier molecular flexibility index (Phi) is 46.1. The van der Waals surface area contributed by atoms with E-state index < -0.39 is 0 Å². The van der Waals surface area contributed by atoms with Gasteiger partial charge in [0.05, 0.1) is 0 Å². The minimum absolute atomic E-state index is 0.730. The molecule has 0 aliphatic heterocycles. The molecule has 2 atom stereocenters. The summed E-state index contributed by atoms with van der Waals surface area (Å²) < 4.78 is 2.24. The van der Waals surface area contributed by atoms with Gasteiger partial charge in [-0.1, -0.05) is 305 Å². The molecule has 0 aliphatic rings. The lowest BCUT2D eigenvalue weighted by Crippen LogP contribution is -2.38. The maximum atomic E-state index is 4.72. The van der Waals surface area contributed by atoms with Crippen molar-refractivity contribution in [3.05, 3.63) is 18.2 Å². The number of hydrogen-bond acceptors (Lipinski definition) is 2. The van der Waals surface area contributed by atoms with E-state index in [-0.39, 0.29) is 0 Å². The third-order valence-electron chi connectivity index (χ3n) is 15.7. The molecule has 0 saturated heterocycles. The van der Waals surface area contributed by atoms with Crippen molar-refractivity contribution >= 4 is 0 Å². The summed E-state index contributed by atoms with van der Waals surface area (Å²) in [4.78, 5) is 7.64. The van der Waals surface area contributed by atoms with Crippen LogP contribution in [0.15, 0.2) is 12.4 Å². The first-order valence-corrected chi connectivity index (χ1v) is 30.6. The zero-order valence-corrected chi connectivity index (χ0v) is 46.2. The molecule has 0 amide bonds. The number of hydrogen-bond donors (Lipinski definition) is 0. The molecule has 0 fully saturated rings. The molecular weight excluding hydrogens is 787 g/mol. The highest BCUT2D eigenvalue weighted by Crippen LogP contribution is 2.28. The van der Waals surface area contributed by atoms with Crippen molar-refractivity contribution in [2.75, 3.05) is 13.1 Å². The first kappa shape index (κ1) is 62.2. The SMILES string of the molecule is CCCCCCCCCCCCCCCCCCC(CCCCCCCCCCCCCCCCCC)CCCCC(CCC(C)CCCC(C)C)N(CCCC)CCc1nccn1C. The van der Waals surface area contributed by atoms with Crippen molar-refractivity contribution in [2.24, 2.45) is 24.8 Å². The first-order chi connectivity index (χ1) is 31.9. The number of imidazole rings is 1. The number of rotatable bonds is 53. The number of unbranched alkanes of at least 4 members (excludes halogenated alkanes) is 32. The Balaban J connectivity index is 2.58. The van der Waals surface area contributed by atoms with Crippen LogP contribution in [0.1, 0.15) is 336 Å². The lowest BCUT2D eigenvalue weighted by atomic mass is 9.88. The van der Waals surface area contributed by atoms with Gasteiger partial charge in [0.15, 0.2) is 0 Å². The zero-order valence-electron chi connectivity index (χ0n) is 46.2. The zero-order chi connectivity index (χ0) is 47.1. The highest BCUT2D eigenvalue weighted by Gasteiger charge is 2.20. The second-order valence-corrected chi connectivity index (χ2v) is 22.6. The van der Waals surface area contributed by atoms with E-state index in [0.717, 1.165) is 30.2 Å². The molecule has 0 spiro atoms. The van der Waals surface area contributed by atoms with Gasteiger partial charge < -0.3 is 4.57 Å². The molecule has 0 aromatic carbocycles. The summed E-state index contributed by atoms with van der Waals surface area (Å²) in [5.41, 5.74) is 0. The van der Waals surface area contributed by atoms with Gasteiger partial charge >= 0.3 is 0 Å². The predicted molar refractivity (Wildman–Crippen MR) is 295 cm³/mol. The van der Waals surface area contributed by atoms with E-state index in [1.165, 1.54) is 308 Å². The van der Waals surface area contributed by atoms with E-state index in [1.807, 2.05) is 6.20 Å². The van der Waals surface area contributed by atoms with Crippen LogP contribution in [-0.4, -0.2) is 33.6 Å². The molecule has 65 heavy (non-hydrogen) atoms. The fourth-order valence-corrected chi connectivity index (χ4v) is 10.9. The van der Waals surface area contributed by atoms with Gasteiger partial charge in [-0.05, 0) is 50.0 Å². The Morgan fingerprint density at radius 1 is 0.400 bits per heavy atom. The number of aryl methyl sites for hydroxylation is 1. The van der Waals surface area contributed by atoms with Crippen molar-refractivity contribution in [3.8, 4) is 0 Å². The quantitative estimate of drug-likeness (QED) is 0.0607. The van der Waals surface area contributed by atoms with E-state index in [1.54, 1.807) is 0 Å². The Morgan fingerprint density at radius 3 is 1.17 bits per heavy atom. The van der Waals surface area contributed by atoms with E-state index in [2.05, 4.69) is 64.3 Å². The van der Waals surface area contributed by atoms with Gasteiger partial charge in [0, 0.05) is 38.4 Å². The summed E-state index contributed by atoms with van der Waals surface area (Å²) in [7, 11) is 2.17. The average Bonchev–Trinajstić information content (AvgIpc) is 3.72. The van der Waals surface area contributed by atoms with Crippen LogP contribution < -0.4 is 0 Å². The highest BCUT2D eigenvalue weighted by atomic mass is 15.2. The number of nitrogens with zero attached hydrogens (tertiary/aromatic N) is 3. The normalized spacial score (nSPS) is 13.0. The summed E-state index contributed by atoms with van der Waals surface area (Å²) in [5.74, 6) is 3.90. The van der Waals surface area contributed by atoms with Gasteiger partial charge in [0.2, 0.25) is 0 Å². The van der Waals surface area contributed by atoms with Crippen molar-refractivity contribution in [2.45, 2.75) is 343 Å². The van der Waals surface area contributed by atoms with Crippen LogP contribution in [0.2, 0.25) is 0 Å². The first-order valence-electron chi connectivity index (χ1n) is 30.6. The average molecular weight is 911 g/mol. The lowest BCUT2D eigenvalue weighted by Gasteiger charge is -2.33. The Labute approximate surface area is 411 Å². The van der Waals surface area contributed by atoms with Crippen LogP contribution in [0.25, 0.3) is 0 Å². The largest absolute Gasteiger partial charge is 0.338 e. The second kappa shape index (κ2) is 48.2. The molecule has 1 heterocycles. The van der Waals surface area contributed by atoms with Gasteiger partial charge in [-0.3, -0.25) is 4.90 Å². The Hall–Kier alpha value is -0.830. The van der Waals surface area contributed by atoms with Gasteiger partial charge in [0.25, 0.3) is 0 Å². The molecule has 1 rings (SSSR count). The van der Waals surface area contributed by atoms with Crippen LogP contribution >= 0.6 is 0 Å². The van der Waals surface area contributed by atoms with E-state index in [9.17, 15) is 0 Å². The third-order valence-corrected chi connectivity index (χ3v) is 15.7. The van der Waals surface area contributed by atoms with Crippen LogP contribution in [0, 0.1) is 17.8 Å². The molecule has 0 aliphatic carbocycles. The van der Waals surface area contributed by atoms with Crippen LogP contribution in [0.3, 0.4) is 0 Å². The second-order valence-electron chi connectivity index (χ2n) is 22.6. The fraction of sp³-hybridized carbons (Fsp3) is 0.952. The van der Waals surface area contributed by atoms with Gasteiger partial charge in [-0.25, -0.2) is 4.98 Å². The Morgan fingerprint density at radius 2 is 0.785 bits per heavy atom. The van der Waals surface area contributed by atoms with Gasteiger partial charge in [-0.15, -0.1) is 0 Å². The molecule has 0 saturated carbocycles. The summed E-state index contributed by atoms with van der Waals surface area (Å²) in [6, 6.07) is 0.730. The van der Waals surface area contributed by atoms with Gasteiger partial charge in [0.1, 0.15) is 5.82 Å². The molecule has 3 nitrogen and oxygen atoms in total. The maximum absolute atomic E-state index is 4.72. The van der Waals surface area contributed by atoms with E-state index in [4.69, 9.17) is 4.98 Å². The van der Waals surface area contributed by atoms with Gasteiger partial charge in [-0.2, -0.15) is 0 Å². The lowest BCUT2D eigenvalue weighted by molar-refractivity contribution is 0.162. The van der Waals surface area contributed by atoms with Crippen LogP contribution in [0.4, 0.5) is 0 Å². The molecule has 1 aromatic heterocycles. The summed E-state index contributed by atoms with van der Waals surface area (Å²) in [6.07, 6.45) is 70.5. The van der Waals surface area contributed by atoms with Crippen molar-refractivity contribution in [3.63, 3.8) is 0 Å². The molecule has 1 aromatic rings. The maximum Gasteiger partial charge on any atom is 0.109 e. The third kappa shape index (κ3) is 40.7. The summed E-state index contributed by atoms with van der Waals surface area (Å²) in [5, 5.41) is 0.